The first-order valence-corrected chi connectivity index (χ1v) is 12.4. The maximum Gasteiger partial charge on any atom is 0.235 e. The van der Waals surface area contributed by atoms with Gasteiger partial charge < -0.3 is 24.5 Å². The standard InChI is InChI=1S/C28H35N3O4/c1-27(2,3)24-15-18-14-20(8-9-21(18)31(24)13-5-6-25(32)29-4)30-26(33)28(11-12-28)19-7-10-22-23(16-19)35-17-34-22/h7-10,14-16,25,29,32H,5-6,11-13,17H2,1-4H3,(H,30,33). The summed E-state index contributed by atoms with van der Waals surface area (Å²) in [4.78, 5) is 13.4. The van der Waals surface area contributed by atoms with Crippen LogP contribution in [0, 0.1) is 0 Å². The van der Waals surface area contributed by atoms with Gasteiger partial charge in [0.25, 0.3) is 0 Å². The van der Waals surface area contributed by atoms with Gasteiger partial charge in [0.15, 0.2) is 11.5 Å². The third-order valence-electron chi connectivity index (χ3n) is 7.23. The second-order valence-corrected chi connectivity index (χ2v) is 10.8. The van der Waals surface area contributed by atoms with Crippen LogP contribution in [0.4, 0.5) is 5.69 Å². The van der Waals surface area contributed by atoms with Crippen LogP contribution in [0.25, 0.3) is 10.9 Å². The zero-order valence-corrected chi connectivity index (χ0v) is 21.0. The van der Waals surface area contributed by atoms with E-state index in [0.29, 0.717) is 12.2 Å². The predicted molar refractivity (Wildman–Crippen MR) is 137 cm³/mol. The maximum absolute atomic E-state index is 13.4. The summed E-state index contributed by atoms with van der Waals surface area (Å²) in [5.41, 5.74) is 3.63. The van der Waals surface area contributed by atoms with E-state index >= 15 is 0 Å². The number of amides is 1. The number of aromatic nitrogens is 1. The van der Waals surface area contributed by atoms with Crippen LogP contribution in [0.3, 0.4) is 0 Å². The number of aliphatic hydroxyl groups excluding tert-OH is 1. The Morgan fingerprint density at radius 3 is 2.60 bits per heavy atom. The van der Waals surface area contributed by atoms with Gasteiger partial charge in [-0.2, -0.15) is 0 Å². The van der Waals surface area contributed by atoms with Gasteiger partial charge >= 0.3 is 0 Å². The summed E-state index contributed by atoms with van der Waals surface area (Å²) in [6.07, 6.45) is 2.71. The van der Waals surface area contributed by atoms with E-state index in [2.05, 4.69) is 54.2 Å². The molecule has 1 aliphatic carbocycles. The molecule has 7 heteroatoms. The highest BCUT2D eigenvalue weighted by Gasteiger charge is 2.51. The summed E-state index contributed by atoms with van der Waals surface area (Å²) in [6, 6.07) is 14.2. The molecule has 2 aromatic carbocycles. The van der Waals surface area contributed by atoms with Crippen molar-refractivity contribution in [3.8, 4) is 11.5 Å². The van der Waals surface area contributed by atoms with Crippen LogP contribution in [0.1, 0.15) is 57.7 Å². The van der Waals surface area contributed by atoms with Crippen LogP contribution in [0.5, 0.6) is 11.5 Å². The molecule has 35 heavy (non-hydrogen) atoms. The highest BCUT2D eigenvalue weighted by atomic mass is 16.7. The van der Waals surface area contributed by atoms with Gasteiger partial charge in [-0.25, -0.2) is 0 Å². The summed E-state index contributed by atoms with van der Waals surface area (Å²) in [7, 11) is 1.77. The molecule has 1 aliphatic heterocycles. The van der Waals surface area contributed by atoms with Crippen LogP contribution < -0.4 is 20.1 Å². The molecule has 2 heterocycles. The van der Waals surface area contributed by atoms with E-state index in [1.165, 1.54) is 5.69 Å². The number of anilines is 1. The fraction of sp³-hybridized carbons (Fsp3) is 0.464. The normalized spacial score (nSPS) is 16.9. The molecular weight excluding hydrogens is 442 g/mol. The van der Waals surface area contributed by atoms with Crippen molar-refractivity contribution in [3.05, 3.63) is 53.7 Å². The first-order valence-electron chi connectivity index (χ1n) is 12.4. The van der Waals surface area contributed by atoms with E-state index in [-0.39, 0.29) is 18.1 Å². The second kappa shape index (κ2) is 8.88. The number of aliphatic hydroxyl groups is 1. The second-order valence-electron chi connectivity index (χ2n) is 10.8. The topological polar surface area (TPSA) is 84.8 Å². The minimum atomic E-state index is -0.507. The number of fused-ring (bicyclic) bond motifs is 2. The number of nitrogens with one attached hydrogen (secondary N) is 2. The smallest absolute Gasteiger partial charge is 0.235 e. The van der Waals surface area contributed by atoms with Gasteiger partial charge in [-0.15, -0.1) is 0 Å². The van der Waals surface area contributed by atoms with Crippen molar-refractivity contribution in [2.75, 3.05) is 19.2 Å². The molecule has 1 fully saturated rings. The van der Waals surface area contributed by atoms with Gasteiger partial charge in [-0.3, -0.25) is 10.1 Å². The molecule has 3 aromatic rings. The zero-order valence-electron chi connectivity index (χ0n) is 21.0. The van der Waals surface area contributed by atoms with E-state index < -0.39 is 11.6 Å². The number of hydrogen-bond acceptors (Lipinski definition) is 5. The van der Waals surface area contributed by atoms with Gasteiger partial charge in [0.2, 0.25) is 12.7 Å². The highest BCUT2D eigenvalue weighted by molar-refractivity contribution is 6.02. The Morgan fingerprint density at radius 1 is 1.11 bits per heavy atom. The lowest BCUT2D eigenvalue weighted by Gasteiger charge is -2.22. The highest BCUT2D eigenvalue weighted by Crippen LogP contribution is 2.51. The van der Waals surface area contributed by atoms with Crippen LogP contribution in [-0.4, -0.2) is 35.6 Å². The Bertz CT molecular complexity index is 1250. The van der Waals surface area contributed by atoms with Crippen LogP contribution in [-0.2, 0) is 22.2 Å². The molecule has 1 atom stereocenters. The molecule has 3 N–H and O–H groups in total. The molecule has 0 radical (unpaired) electrons. The molecule has 1 amide bonds. The van der Waals surface area contributed by atoms with Crippen molar-refractivity contribution in [2.24, 2.45) is 0 Å². The molecule has 1 aromatic heterocycles. The molecular formula is C28H35N3O4. The van der Waals surface area contributed by atoms with E-state index in [4.69, 9.17) is 9.47 Å². The van der Waals surface area contributed by atoms with Crippen molar-refractivity contribution in [3.63, 3.8) is 0 Å². The molecule has 7 nitrogen and oxygen atoms in total. The Balaban J connectivity index is 1.38. The average molecular weight is 478 g/mol. The number of aryl methyl sites for hydroxylation is 1. The lowest BCUT2D eigenvalue weighted by atomic mass is 9.92. The Morgan fingerprint density at radius 2 is 1.89 bits per heavy atom. The van der Waals surface area contributed by atoms with E-state index in [1.54, 1.807) is 7.05 Å². The van der Waals surface area contributed by atoms with Crippen molar-refractivity contribution in [2.45, 2.75) is 70.1 Å². The Hall–Kier alpha value is -3.03. The lowest BCUT2D eigenvalue weighted by molar-refractivity contribution is -0.118. The number of nitrogens with zero attached hydrogens (tertiary/aromatic N) is 1. The number of carbonyl (C=O) groups is 1. The van der Waals surface area contributed by atoms with Crippen LogP contribution in [0.2, 0.25) is 0 Å². The van der Waals surface area contributed by atoms with Gasteiger partial charge in [-0.1, -0.05) is 26.8 Å². The third kappa shape index (κ3) is 4.50. The number of ether oxygens (including phenoxy) is 2. The number of rotatable bonds is 8. The minimum absolute atomic E-state index is 0.0206. The van der Waals surface area contributed by atoms with E-state index in [0.717, 1.165) is 53.7 Å². The molecule has 2 aliphatic rings. The summed E-state index contributed by atoms with van der Waals surface area (Å²) in [5, 5.41) is 17.0. The predicted octanol–water partition coefficient (Wildman–Crippen LogP) is 4.66. The summed E-state index contributed by atoms with van der Waals surface area (Å²) in [5.74, 6) is 1.46. The van der Waals surface area contributed by atoms with Gasteiger partial charge in [0.1, 0.15) is 6.23 Å². The third-order valence-corrected chi connectivity index (χ3v) is 7.23. The largest absolute Gasteiger partial charge is 0.454 e. The van der Waals surface area contributed by atoms with Crippen LogP contribution in [0.15, 0.2) is 42.5 Å². The molecule has 186 valence electrons. The molecule has 5 rings (SSSR count). The number of hydrogen-bond donors (Lipinski definition) is 3. The SMILES string of the molecule is CNC(O)CCCn1c(C(C)(C)C)cc2cc(NC(=O)C3(c4ccc5c(c4)OCO5)CC3)ccc21. The lowest BCUT2D eigenvalue weighted by Crippen LogP contribution is -2.27. The fourth-order valence-electron chi connectivity index (χ4n) is 5.01. The summed E-state index contributed by atoms with van der Waals surface area (Å²) >= 11 is 0. The van der Waals surface area contributed by atoms with Crippen molar-refractivity contribution >= 4 is 22.5 Å². The zero-order chi connectivity index (χ0) is 24.8. The number of benzene rings is 2. The van der Waals surface area contributed by atoms with Crippen molar-refractivity contribution in [1.82, 2.24) is 9.88 Å². The summed E-state index contributed by atoms with van der Waals surface area (Å²) < 4.78 is 13.3. The van der Waals surface area contributed by atoms with Gasteiger partial charge in [-0.05, 0) is 74.7 Å². The quantitative estimate of drug-likeness (QED) is 0.411. The Labute approximate surface area is 206 Å². The van der Waals surface area contributed by atoms with E-state index in [1.807, 2.05) is 24.3 Å². The van der Waals surface area contributed by atoms with Crippen molar-refractivity contribution in [1.29, 1.82) is 0 Å². The van der Waals surface area contributed by atoms with Gasteiger partial charge in [0.05, 0.1) is 5.41 Å². The molecule has 0 saturated heterocycles. The fourth-order valence-corrected chi connectivity index (χ4v) is 5.01. The molecule has 1 unspecified atom stereocenters. The van der Waals surface area contributed by atoms with Crippen molar-refractivity contribution < 1.29 is 19.4 Å². The number of carbonyl (C=O) groups excluding carboxylic acids is 1. The maximum atomic E-state index is 13.4. The minimum Gasteiger partial charge on any atom is -0.454 e. The summed E-state index contributed by atoms with van der Waals surface area (Å²) in [6.45, 7) is 7.69. The first kappa shape index (κ1) is 23.7. The first-order chi connectivity index (χ1) is 16.7. The average Bonchev–Trinajstić information content (AvgIpc) is 3.36. The van der Waals surface area contributed by atoms with E-state index in [9.17, 15) is 9.90 Å². The molecule has 1 saturated carbocycles. The molecule has 0 bridgehead atoms. The monoisotopic (exact) mass is 477 g/mol. The molecule has 0 spiro atoms. The van der Waals surface area contributed by atoms with Crippen LogP contribution >= 0.6 is 0 Å². The van der Waals surface area contributed by atoms with Gasteiger partial charge in [0, 0.05) is 34.2 Å². The Kier molecular flexibility index (Phi) is 6.01.